The highest BCUT2D eigenvalue weighted by Crippen LogP contribution is 2.22. The molecule has 1 atom stereocenters. The number of nitrogens with zero attached hydrogens (tertiary/aromatic N) is 1. The molecule has 0 amide bonds. The van der Waals surface area contributed by atoms with Crippen LogP contribution in [0.4, 0.5) is 0 Å². The van der Waals surface area contributed by atoms with Crippen molar-refractivity contribution in [3.63, 3.8) is 0 Å². The molecule has 106 valence electrons. The molecule has 1 unspecified atom stereocenters. The molecule has 0 bridgehead atoms. The van der Waals surface area contributed by atoms with Crippen molar-refractivity contribution in [3.8, 4) is 0 Å². The third kappa shape index (κ3) is 3.39. The molecule has 2 rings (SSSR count). The van der Waals surface area contributed by atoms with Gasteiger partial charge in [-0.1, -0.05) is 24.3 Å². The molecule has 2 aromatic rings. The van der Waals surface area contributed by atoms with Gasteiger partial charge in [0.2, 0.25) is 0 Å². The van der Waals surface area contributed by atoms with Gasteiger partial charge in [0.1, 0.15) is 5.37 Å². The first kappa shape index (κ1) is 15.0. The second-order valence-electron chi connectivity index (χ2n) is 4.33. The number of thioether (sulfide) groups is 1. The summed E-state index contributed by atoms with van der Waals surface area (Å²) in [5.74, 6) is 0.272. The fourth-order valence-corrected chi connectivity index (χ4v) is 4.41. The van der Waals surface area contributed by atoms with E-state index >= 15 is 0 Å². The standard InChI is InChI=1S/C14H16N2O2S2/c1-11-6-2-3-7-12(11)20(17,18)13(15)10-19-14-8-4-5-9-16-14/h2-9,13H,10,15H2,1H3. The van der Waals surface area contributed by atoms with Gasteiger partial charge in [0, 0.05) is 11.9 Å². The van der Waals surface area contributed by atoms with Crippen molar-refractivity contribution in [2.75, 3.05) is 5.75 Å². The predicted molar refractivity (Wildman–Crippen MR) is 81.3 cm³/mol. The van der Waals surface area contributed by atoms with E-state index in [1.54, 1.807) is 31.3 Å². The summed E-state index contributed by atoms with van der Waals surface area (Å²) in [7, 11) is -3.51. The maximum absolute atomic E-state index is 12.4. The molecule has 0 spiro atoms. The van der Waals surface area contributed by atoms with Crippen LogP contribution in [0.15, 0.2) is 58.6 Å². The molecule has 0 saturated heterocycles. The highest BCUT2D eigenvalue weighted by atomic mass is 32.2. The largest absolute Gasteiger partial charge is 0.314 e. The molecule has 0 aliphatic heterocycles. The van der Waals surface area contributed by atoms with E-state index in [0.717, 1.165) is 5.03 Å². The van der Waals surface area contributed by atoms with E-state index in [0.29, 0.717) is 10.5 Å². The van der Waals surface area contributed by atoms with E-state index in [9.17, 15) is 8.42 Å². The smallest absolute Gasteiger partial charge is 0.195 e. The number of benzene rings is 1. The van der Waals surface area contributed by atoms with Crippen molar-refractivity contribution in [2.24, 2.45) is 5.73 Å². The lowest BCUT2D eigenvalue weighted by atomic mass is 10.2. The van der Waals surface area contributed by atoms with Gasteiger partial charge in [-0.2, -0.15) is 0 Å². The number of nitrogens with two attached hydrogens (primary N) is 1. The lowest BCUT2D eigenvalue weighted by molar-refractivity contribution is 0.585. The second kappa shape index (κ2) is 6.39. The summed E-state index contributed by atoms with van der Waals surface area (Å²) in [5.41, 5.74) is 6.58. The zero-order valence-corrected chi connectivity index (χ0v) is 12.7. The van der Waals surface area contributed by atoms with Gasteiger partial charge in [-0.3, -0.25) is 0 Å². The van der Waals surface area contributed by atoms with Crippen molar-refractivity contribution in [1.82, 2.24) is 4.98 Å². The van der Waals surface area contributed by atoms with Gasteiger partial charge in [0.25, 0.3) is 0 Å². The Labute approximate surface area is 123 Å². The van der Waals surface area contributed by atoms with Crippen LogP contribution in [0.5, 0.6) is 0 Å². The summed E-state index contributed by atoms with van der Waals surface area (Å²) in [5, 5.41) is -0.182. The van der Waals surface area contributed by atoms with Gasteiger partial charge >= 0.3 is 0 Å². The van der Waals surface area contributed by atoms with Crippen LogP contribution in [-0.2, 0) is 9.84 Å². The SMILES string of the molecule is Cc1ccccc1S(=O)(=O)C(N)CSc1ccccn1. The van der Waals surface area contributed by atoms with Crippen LogP contribution in [0.3, 0.4) is 0 Å². The third-order valence-corrected chi connectivity index (χ3v) is 6.14. The van der Waals surface area contributed by atoms with Gasteiger partial charge in [0.15, 0.2) is 9.84 Å². The van der Waals surface area contributed by atoms with Crippen LogP contribution in [0, 0.1) is 6.92 Å². The van der Waals surface area contributed by atoms with Gasteiger partial charge in [-0.15, -0.1) is 11.8 Å². The molecule has 1 heterocycles. The number of aromatic nitrogens is 1. The zero-order valence-electron chi connectivity index (χ0n) is 11.1. The molecular formula is C14H16N2O2S2. The Kier molecular flexibility index (Phi) is 4.80. The summed E-state index contributed by atoms with van der Waals surface area (Å²) in [6.45, 7) is 1.77. The van der Waals surface area contributed by atoms with Crippen molar-refractivity contribution >= 4 is 21.6 Å². The Morgan fingerprint density at radius 3 is 2.55 bits per heavy atom. The Hall–Kier alpha value is -1.37. The first-order valence-electron chi connectivity index (χ1n) is 6.11. The van der Waals surface area contributed by atoms with Crippen molar-refractivity contribution in [2.45, 2.75) is 22.2 Å². The normalized spacial score (nSPS) is 13.1. The highest BCUT2D eigenvalue weighted by molar-refractivity contribution is 8.00. The van der Waals surface area contributed by atoms with E-state index in [4.69, 9.17) is 5.73 Å². The molecule has 1 aromatic carbocycles. The number of pyridine rings is 1. The first-order valence-corrected chi connectivity index (χ1v) is 8.64. The monoisotopic (exact) mass is 308 g/mol. The number of sulfone groups is 1. The Morgan fingerprint density at radius 1 is 1.20 bits per heavy atom. The molecule has 0 aliphatic carbocycles. The molecule has 6 heteroatoms. The minimum atomic E-state index is -3.51. The Balaban J connectivity index is 2.12. The molecule has 0 aliphatic rings. The van der Waals surface area contributed by atoms with Gasteiger partial charge in [-0.25, -0.2) is 13.4 Å². The summed E-state index contributed by atoms with van der Waals surface area (Å²) in [6, 6.07) is 12.4. The van der Waals surface area contributed by atoms with Crippen LogP contribution in [0.25, 0.3) is 0 Å². The Morgan fingerprint density at radius 2 is 1.90 bits per heavy atom. The average Bonchev–Trinajstić information content (AvgIpc) is 2.46. The zero-order chi connectivity index (χ0) is 14.6. The minimum Gasteiger partial charge on any atom is -0.314 e. The number of aryl methyl sites for hydroxylation is 1. The minimum absolute atomic E-state index is 0.272. The van der Waals surface area contributed by atoms with Crippen LogP contribution in [-0.4, -0.2) is 24.5 Å². The van der Waals surface area contributed by atoms with Gasteiger partial charge in [0.05, 0.1) is 9.92 Å². The van der Waals surface area contributed by atoms with Crippen LogP contribution < -0.4 is 5.73 Å². The van der Waals surface area contributed by atoms with E-state index in [1.165, 1.54) is 11.8 Å². The Bertz CT molecular complexity index is 673. The predicted octanol–water partition coefficient (Wildman–Crippen LogP) is 2.24. The number of rotatable bonds is 5. The summed E-state index contributed by atoms with van der Waals surface area (Å²) < 4.78 is 24.8. The summed E-state index contributed by atoms with van der Waals surface area (Å²) in [4.78, 5) is 4.44. The van der Waals surface area contributed by atoms with E-state index in [1.807, 2.05) is 24.3 Å². The molecule has 0 fully saturated rings. The number of hydrogen-bond donors (Lipinski definition) is 1. The highest BCUT2D eigenvalue weighted by Gasteiger charge is 2.25. The van der Waals surface area contributed by atoms with Gasteiger partial charge in [-0.05, 0) is 30.7 Å². The quantitative estimate of drug-likeness (QED) is 0.858. The second-order valence-corrected chi connectivity index (χ2v) is 7.50. The van der Waals surface area contributed by atoms with Crippen molar-refractivity contribution in [3.05, 3.63) is 54.2 Å². The molecule has 4 nitrogen and oxygen atoms in total. The average molecular weight is 308 g/mol. The van der Waals surface area contributed by atoms with E-state index in [-0.39, 0.29) is 5.75 Å². The summed E-state index contributed by atoms with van der Waals surface area (Å²) >= 11 is 1.34. The van der Waals surface area contributed by atoms with Crippen LogP contribution >= 0.6 is 11.8 Å². The fraction of sp³-hybridized carbons (Fsp3) is 0.214. The fourth-order valence-electron chi connectivity index (χ4n) is 1.73. The topological polar surface area (TPSA) is 73.0 Å². The van der Waals surface area contributed by atoms with Crippen LogP contribution in [0.1, 0.15) is 5.56 Å². The van der Waals surface area contributed by atoms with Crippen molar-refractivity contribution in [1.29, 1.82) is 0 Å². The van der Waals surface area contributed by atoms with Crippen LogP contribution in [0.2, 0.25) is 0 Å². The molecule has 1 aromatic heterocycles. The lowest BCUT2D eigenvalue weighted by Gasteiger charge is -2.14. The van der Waals surface area contributed by atoms with E-state index < -0.39 is 15.2 Å². The maximum atomic E-state index is 12.4. The first-order chi connectivity index (χ1) is 9.51. The van der Waals surface area contributed by atoms with Crippen molar-refractivity contribution < 1.29 is 8.42 Å². The molecule has 20 heavy (non-hydrogen) atoms. The molecule has 0 saturated carbocycles. The molecular weight excluding hydrogens is 292 g/mol. The number of hydrogen-bond acceptors (Lipinski definition) is 5. The van der Waals surface area contributed by atoms with Gasteiger partial charge < -0.3 is 5.73 Å². The maximum Gasteiger partial charge on any atom is 0.195 e. The molecule has 0 radical (unpaired) electrons. The summed E-state index contributed by atoms with van der Waals surface area (Å²) in [6.07, 6.45) is 1.67. The van der Waals surface area contributed by atoms with E-state index in [2.05, 4.69) is 4.98 Å². The third-order valence-electron chi connectivity index (χ3n) is 2.83. The molecule has 2 N–H and O–H groups in total. The lowest BCUT2D eigenvalue weighted by Crippen LogP contribution is -2.33.